The molecule has 3 aromatic rings. The van der Waals surface area contributed by atoms with Gasteiger partial charge in [-0.3, -0.25) is 4.79 Å². The topological polar surface area (TPSA) is 98.6 Å². The molecule has 30 heavy (non-hydrogen) atoms. The van der Waals surface area contributed by atoms with Gasteiger partial charge in [-0.1, -0.05) is 13.8 Å². The molecule has 0 radical (unpaired) electrons. The number of H-pyrrole nitrogens is 1. The fourth-order valence-electron chi connectivity index (χ4n) is 3.51. The SMILES string of the molecule is COc1ccc(-c2[nH]c3ccc(OCC(=O)NCCN)cc3c2C(C)C)cc1OC. The number of ether oxygens (including phenoxy) is 3. The minimum Gasteiger partial charge on any atom is -0.493 e. The minimum atomic E-state index is -0.190. The molecule has 0 saturated carbocycles. The number of aromatic amines is 1. The molecule has 1 heterocycles. The second kappa shape index (κ2) is 9.54. The molecule has 4 N–H and O–H groups in total. The van der Waals surface area contributed by atoms with Gasteiger partial charge >= 0.3 is 0 Å². The molecular formula is C23H29N3O4. The predicted molar refractivity (Wildman–Crippen MR) is 118 cm³/mol. The number of nitrogens with one attached hydrogen (secondary N) is 2. The summed E-state index contributed by atoms with van der Waals surface area (Å²) in [6.45, 7) is 5.10. The van der Waals surface area contributed by atoms with Gasteiger partial charge in [0.25, 0.3) is 5.91 Å². The summed E-state index contributed by atoms with van der Waals surface area (Å²) in [5, 5.41) is 3.76. The first-order valence-electron chi connectivity index (χ1n) is 9.96. The Balaban J connectivity index is 1.97. The molecule has 1 aromatic heterocycles. The van der Waals surface area contributed by atoms with Gasteiger partial charge in [-0.15, -0.1) is 0 Å². The van der Waals surface area contributed by atoms with E-state index in [1.165, 1.54) is 5.56 Å². The summed E-state index contributed by atoms with van der Waals surface area (Å²) in [5.41, 5.74) is 9.62. The lowest BCUT2D eigenvalue weighted by Crippen LogP contribution is -2.32. The van der Waals surface area contributed by atoms with E-state index in [1.807, 2.05) is 36.4 Å². The lowest BCUT2D eigenvalue weighted by molar-refractivity contribution is -0.123. The highest BCUT2D eigenvalue weighted by Crippen LogP contribution is 2.39. The summed E-state index contributed by atoms with van der Waals surface area (Å²) in [6.07, 6.45) is 0. The number of carbonyl (C=O) groups is 1. The van der Waals surface area contributed by atoms with Crippen molar-refractivity contribution in [2.45, 2.75) is 19.8 Å². The van der Waals surface area contributed by atoms with Crippen LogP contribution in [0.25, 0.3) is 22.2 Å². The van der Waals surface area contributed by atoms with Crippen LogP contribution in [0.2, 0.25) is 0 Å². The van der Waals surface area contributed by atoms with Crippen LogP contribution in [0.1, 0.15) is 25.3 Å². The van der Waals surface area contributed by atoms with Crippen LogP contribution in [0, 0.1) is 0 Å². The predicted octanol–water partition coefficient (Wildman–Crippen LogP) is 3.43. The fraction of sp³-hybridized carbons (Fsp3) is 0.348. The van der Waals surface area contributed by atoms with Gasteiger partial charge in [0.2, 0.25) is 0 Å². The molecule has 0 aliphatic carbocycles. The maximum absolute atomic E-state index is 11.8. The van der Waals surface area contributed by atoms with Crippen molar-refractivity contribution in [1.29, 1.82) is 0 Å². The van der Waals surface area contributed by atoms with Crippen molar-refractivity contribution < 1.29 is 19.0 Å². The Labute approximate surface area is 176 Å². The first-order valence-corrected chi connectivity index (χ1v) is 9.96. The molecule has 1 amide bonds. The summed E-state index contributed by atoms with van der Waals surface area (Å²) >= 11 is 0. The molecule has 2 aromatic carbocycles. The number of nitrogens with two attached hydrogens (primary N) is 1. The van der Waals surface area contributed by atoms with E-state index in [4.69, 9.17) is 19.9 Å². The molecule has 0 bridgehead atoms. The molecule has 160 valence electrons. The molecule has 0 unspecified atom stereocenters. The number of rotatable bonds is 9. The van der Waals surface area contributed by atoms with Crippen LogP contribution >= 0.6 is 0 Å². The highest BCUT2D eigenvalue weighted by atomic mass is 16.5. The van der Waals surface area contributed by atoms with E-state index < -0.39 is 0 Å². The summed E-state index contributed by atoms with van der Waals surface area (Å²) in [6, 6.07) is 11.7. The smallest absolute Gasteiger partial charge is 0.257 e. The Morgan fingerprint density at radius 3 is 2.53 bits per heavy atom. The molecular weight excluding hydrogens is 382 g/mol. The van der Waals surface area contributed by atoms with Gasteiger partial charge in [0.1, 0.15) is 5.75 Å². The third-order valence-electron chi connectivity index (χ3n) is 4.90. The number of benzene rings is 2. The third kappa shape index (κ3) is 4.52. The number of carbonyl (C=O) groups excluding carboxylic acids is 1. The van der Waals surface area contributed by atoms with E-state index >= 15 is 0 Å². The first kappa shape index (κ1) is 21.5. The highest BCUT2D eigenvalue weighted by Gasteiger charge is 2.18. The quantitative estimate of drug-likeness (QED) is 0.501. The van der Waals surface area contributed by atoms with Crippen molar-refractivity contribution in [3.8, 4) is 28.5 Å². The van der Waals surface area contributed by atoms with Gasteiger partial charge in [-0.2, -0.15) is 0 Å². The van der Waals surface area contributed by atoms with Crippen molar-refractivity contribution in [3.63, 3.8) is 0 Å². The Hall–Kier alpha value is -3.19. The van der Waals surface area contributed by atoms with Crippen LogP contribution in [0.3, 0.4) is 0 Å². The van der Waals surface area contributed by atoms with Gasteiger partial charge in [-0.05, 0) is 47.9 Å². The standard InChI is InChI=1S/C23H29N3O4/c1-14(2)22-17-12-16(30-13-21(27)25-10-9-24)6-7-18(17)26-23(22)15-5-8-19(28-3)20(11-15)29-4/h5-8,11-12,14,26H,9-10,13,24H2,1-4H3,(H,25,27). The summed E-state index contributed by atoms with van der Waals surface area (Å²) in [7, 11) is 3.25. The lowest BCUT2D eigenvalue weighted by atomic mass is 9.96. The fourth-order valence-corrected chi connectivity index (χ4v) is 3.51. The average Bonchev–Trinajstić information content (AvgIpc) is 3.14. The van der Waals surface area contributed by atoms with Crippen molar-refractivity contribution in [2.75, 3.05) is 33.9 Å². The van der Waals surface area contributed by atoms with E-state index in [9.17, 15) is 4.79 Å². The number of fused-ring (bicyclic) bond motifs is 1. The van der Waals surface area contributed by atoms with E-state index in [-0.39, 0.29) is 18.4 Å². The van der Waals surface area contributed by atoms with Crippen LogP contribution in [0.4, 0.5) is 0 Å². The second-order valence-electron chi connectivity index (χ2n) is 7.27. The summed E-state index contributed by atoms with van der Waals surface area (Å²) in [4.78, 5) is 15.3. The lowest BCUT2D eigenvalue weighted by Gasteiger charge is -2.12. The molecule has 0 atom stereocenters. The minimum absolute atomic E-state index is 0.0462. The van der Waals surface area contributed by atoms with Gasteiger partial charge in [0.15, 0.2) is 18.1 Å². The van der Waals surface area contributed by atoms with E-state index in [2.05, 4.69) is 24.1 Å². The molecule has 0 spiro atoms. The van der Waals surface area contributed by atoms with Crippen LogP contribution < -0.4 is 25.3 Å². The molecule has 3 rings (SSSR count). The molecule has 0 aliphatic rings. The van der Waals surface area contributed by atoms with Crippen molar-refractivity contribution in [2.24, 2.45) is 5.73 Å². The Bertz CT molecular complexity index is 1030. The Morgan fingerprint density at radius 2 is 1.87 bits per heavy atom. The van der Waals surface area contributed by atoms with Crippen LogP contribution in [0.15, 0.2) is 36.4 Å². The molecule has 0 fully saturated rings. The number of amides is 1. The zero-order valence-corrected chi connectivity index (χ0v) is 17.9. The average molecular weight is 412 g/mol. The maximum Gasteiger partial charge on any atom is 0.257 e. The van der Waals surface area contributed by atoms with Gasteiger partial charge < -0.3 is 30.2 Å². The van der Waals surface area contributed by atoms with Crippen molar-refractivity contribution in [3.05, 3.63) is 42.0 Å². The van der Waals surface area contributed by atoms with Crippen molar-refractivity contribution >= 4 is 16.8 Å². The zero-order chi connectivity index (χ0) is 21.7. The van der Waals surface area contributed by atoms with Crippen LogP contribution in [-0.4, -0.2) is 44.8 Å². The van der Waals surface area contributed by atoms with Crippen LogP contribution in [0.5, 0.6) is 17.2 Å². The monoisotopic (exact) mass is 411 g/mol. The Kier molecular flexibility index (Phi) is 6.84. The molecule has 7 nitrogen and oxygen atoms in total. The van der Waals surface area contributed by atoms with E-state index in [0.717, 1.165) is 22.2 Å². The van der Waals surface area contributed by atoms with Crippen LogP contribution in [-0.2, 0) is 4.79 Å². The van der Waals surface area contributed by atoms with E-state index in [1.54, 1.807) is 14.2 Å². The highest BCUT2D eigenvalue weighted by molar-refractivity contribution is 5.92. The molecule has 7 heteroatoms. The van der Waals surface area contributed by atoms with Gasteiger partial charge in [-0.25, -0.2) is 0 Å². The summed E-state index contributed by atoms with van der Waals surface area (Å²) < 4.78 is 16.5. The molecule has 0 saturated heterocycles. The third-order valence-corrected chi connectivity index (χ3v) is 4.90. The maximum atomic E-state index is 11.8. The van der Waals surface area contributed by atoms with Crippen molar-refractivity contribution in [1.82, 2.24) is 10.3 Å². The second-order valence-corrected chi connectivity index (χ2v) is 7.27. The van der Waals surface area contributed by atoms with E-state index in [0.29, 0.717) is 30.3 Å². The largest absolute Gasteiger partial charge is 0.493 e. The number of hydrogen-bond acceptors (Lipinski definition) is 5. The number of hydrogen-bond donors (Lipinski definition) is 3. The van der Waals surface area contributed by atoms with Gasteiger partial charge in [0, 0.05) is 29.6 Å². The Morgan fingerprint density at radius 1 is 1.10 bits per heavy atom. The van der Waals surface area contributed by atoms with Gasteiger partial charge in [0.05, 0.1) is 19.9 Å². The zero-order valence-electron chi connectivity index (χ0n) is 17.9. The summed E-state index contributed by atoms with van der Waals surface area (Å²) in [5.74, 6) is 2.09. The first-order chi connectivity index (χ1) is 14.5. The number of aromatic nitrogens is 1. The molecule has 0 aliphatic heterocycles. The normalized spacial score (nSPS) is 11.0. The number of methoxy groups -OCH3 is 2.